The number of carbonyl (C=O) groups is 1. The van der Waals surface area contributed by atoms with E-state index in [0.29, 0.717) is 5.75 Å². The minimum atomic E-state index is -0.803. The van der Waals surface area contributed by atoms with Crippen molar-refractivity contribution in [3.8, 4) is 17.2 Å². The molecule has 2 aliphatic rings. The van der Waals surface area contributed by atoms with Crippen LogP contribution in [0, 0.1) is 5.92 Å². The van der Waals surface area contributed by atoms with E-state index in [1.807, 2.05) is 12.1 Å². The van der Waals surface area contributed by atoms with E-state index in [1.54, 1.807) is 6.07 Å². The lowest BCUT2D eigenvalue weighted by atomic mass is 9.89. The number of fused-ring (bicyclic) bond motifs is 2. The maximum atomic E-state index is 11.0. The van der Waals surface area contributed by atoms with E-state index < -0.39 is 6.09 Å². The van der Waals surface area contributed by atoms with Crippen LogP contribution in [0.15, 0.2) is 36.4 Å². The van der Waals surface area contributed by atoms with Crippen LogP contribution < -0.4 is 20.5 Å². The first-order valence-corrected chi connectivity index (χ1v) is 10.3. The summed E-state index contributed by atoms with van der Waals surface area (Å²) in [6, 6.07) is 11.8. The molecule has 5 nitrogen and oxygen atoms in total. The average Bonchev–Trinajstić information content (AvgIpc) is 2.87. The Balaban J connectivity index is 1.39. The smallest absolute Gasteiger partial charge is 0.409 e. The number of amides is 1. The van der Waals surface area contributed by atoms with Gasteiger partial charge in [-0.05, 0) is 79.1 Å². The van der Waals surface area contributed by atoms with Crippen LogP contribution in [0.3, 0.4) is 0 Å². The van der Waals surface area contributed by atoms with Crippen molar-refractivity contribution in [3.05, 3.63) is 53.1 Å². The number of nitrogens with one attached hydrogen (secondary N) is 1. The normalized spacial score (nSPS) is 16.4. The molecule has 0 radical (unpaired) electrons. The molecule has 1 fully saturated rings. The van der Waals surface area contributed by atoms with Crippen molar-refractivity contribution in [2.75, 3.05) is 6.54 Å². The van der Waals surface area contributed by atoms with Gasteiger partial charge >= 0.3 is 6.09 Å². The lowest BCUT2D eigenvalue weighted by Gasteiger charge is -2.22. The van der Waals surface area contributed by atoms with Crippen LogP contribution >= 0.6 is 0 Å². The third kappa shape index (κ3) is 4.65. The molecule has 0 unspecified atom stereocenters. The van der Waals surface area contributed by atoms with E-state index in [2.05, 4.69) is 23.5 Å². The van der Waals surface area contributed by atoms with Gasteiger partial charge in [-0.2, -0.15) is 0 Å². The molecule has 3 N–H and O–H groups in total. The first-order chi connectivity index (χ1) is 13.7. The van der Waals surface area contributed by atoms with Crippen molar-refractivity contribution in [1.82, 2.24) is 5.32 Å². The molecule has 1 aliphatic carbocycles. The number of rotatable bonds is 5. The van der Waals surface area contributed by atoms with Gasteiger partial charge in [-0.25, -0.2) is 4.79 Å². The van der Waals surface area contributed by atoms with Crippen molar-refractivity contribution < 1.29 is 14.3 Å². The Morgan fingerprint density at radius 1 is 1.04 bits per heavy atom. The second-order valence-corrected chi connectivity index (χ2v) is 7.87. The molecule has 0 bridgehead atoms. The SMILES string of the molecule is NC(=O)Oc1ccc2c(c1)CCc1cc(CNCC3CCCCC3)ccc1O2. The molecule has 148 valence electrons. The van der Waals surface area contributed by atoms with Gasteiger partial charge in [-0.3, -0.25) is 0 Å². The Kier molecular flexibility index (Phi) is 5.81. The fourth-order valence-corrected chi connectivity index (χ4v) is 4.27. The minimum Gasteiger partial charge on any atom is -0.457 e. The van der Waals surface area contributed by atoms with Crippen molar-refractivity contribution in [2.24, 2.45) is 11.7 Å². The number of hydrogen-bond donors (Lipinski definition) is 2. The van der Waals surface area contributed by atoms with Gasteiger partial charge in [-0.15, -0.1) is 0 Å². The number of carbonyl (C=O) groups excluding carboxylic acids is 1. The molecule has 1 heterocycles. The Hall–Kier alpha value is -2.53. The Bertz CT molecular complexity index is 844. The quantitative estimate of drug-likeness (QED) is 0.788. The highest BCUT2D eigenvalue weighted by Crippen LogP contribution is 2.36. The van der Waals surface area contributed by atoms with E-state index in [-0.39, 0.29) is 0 Å². The predicted molar refractivity (Wildman–Crippen MR) is 109 cm³/mol. The summed E-state index contributed by atoms with van der Waals surface area (Å²) < 4.78 is 11.1. The second-order valence-electron chi connectivity index (χ2n) is 7.87. The number of primary amides is 1. The largest absolute Gasteiger partial charge is 0.457 e. The van der Waals surface area contributed by atoms with Crippen LogP contribution in [0.5, 0.6) is 17.2 Å². The zero-order chi connectivity index (χ0) is 19.3. The predicted octanol–water partition coefficient (Wildman–Crippen LogP) is 4.70. The van der Waals surface area contributed by atoms with Crippen molar-refractivity contribution in [1.29, 1.82) is 0 Å². The van der Waals surface area contributed by atoms with Gasteiger partial charge in [0.1, 0.15) is 17.2 Å². The molecule has 0 saturated heterocycles. The summed E-state index contributed by atoms with van der Waals surface area (Å²) in [5.41, 5.74) is 8.63. The highest BCUT2D eigenvalue weighted by atomic mass is 16.5. The second kappa shape index (κ2) is 8.65. The minimum absolute atomic E-state index is 0.452. The van der Waals surface area contributed by atoms with E-state index >= 15 is 0 Å². The van der Waals surface area contributed by atoms with Crippen LogP contribution in [-0.2, 0) is 19.4 Å². The summed E-state index contributed by atoms with van der Waals surface area (Å²) in [6.07, 6.45) is 7.82. The molecule has 1 amide bonds. The van der Waals surface area contributed by atoms with Gasteiger partial charge < -0.3 is 20.5 Å². The first-order valence-electron chi connectivity index (χ1n) is 10.3. The lowest BCUT2D eigenvalue weighted by molar-refractivity contribution is 0.211. The Morgan fingerprint density at radius 2 is 1.75 bits per heavy atom. The molecule has 0 spiro atoms. The van der Waals surface area contributed by atoms with E-state index in [9.17, 15) is 4.79 Å². The zero-order valence-corrected chi connectivity index (χ0v) is 16.2. The third-order valence-corrected chi connectivity index (χ3v) is 5.75. The molecule has 0 atom stereocenters. The molecule has 1 aliphatic heterocycles. The van der Waals surface area contributed by atoms with Crippen molar-refractivity contribution >= 4 is 6.09 Å². The number of aryl methyl sites for hydroxylation is 2. The van der Waals surface area contributed by atoms with E-state index in [0.717, 1.165) is 48.9 Å². The van der Waals surface area contributed by atoms with Gasteiger partial charge in [0.2, 0.25) is 0 Å². The fraction of sp³-hybridized carbons (Fsp3) is 0.435. The summed E-state index contributed by atoms with van der Waals surface area (Å²) in [5, 5.41) is 3.64. The molecule has 28 heavy (non-hydrogen) atoms. The molecule has 4 rings (SSSR count). The molecule has 2 aromatic rings. The van der Waals surface area contributed by atoms with Crippen molar-refractivity contribution in [2.45, 2.75) is 51.5 Å². The van der Waals surface area contributed by atoms with Crippen LogP contribution in [-0.4, -0.2) is 12.6 Å². The summed E-state index contributed by atoms with van der Waals surface area (Å²) in [7, 11) is 0. The highest BCUT2D eigenvalue weighted by molar-refractivity contribution is 5.68. The number of nitrogens with two attached hydrogens (primary N) is 1. The third-order valence-electron chi connectivity index (χ3n) is 5.75. The van der Waals surface area contributed by atoms with Crippen LogP contribution in [0.25, 0.3) is 0 Å². The van der Waals surface area contributed by atoms with E-state index in [4.69, 9.17) is 15.2 Å². The van der Waals surface area contributed by atoms with Crippen LogP contribution in [0.4, 0.5) is 4.79 Å². The van der Waals surface area contributed by atoms with Gasteiger partial charge in [0.15, 0.2) is 0 Å². The molecular formula is C23H28N2O3. The maximum Gasteiger partial charge on any atom is 0.409 e. The van der Waals surface area contributed by atoms with Crippen molar-refractivity contribution in [3.63, 3.8) is 0 Å². The summed E-state index contributed by atoms with van der Waals surface area (Å²) in [4.78, 5) is 11.0. The summed E-state index contributed by atoms with van der Waals surface area (Å²) in [6.45, 7) is 2.01. The maximum absolute atomic E-state index is 11.0. The molecule has 1 saturated carbocycles. The Labute approximate surface area is 166 Å². The fourth-order valence-electron chi connectivity index (χ4n) is 4.27. The van der Waals surface area contributed by atoms with Crippen LogP contribution in [0.1, 0.15) is 48.8 Å². The molecule has 2 aromatic carbocycles. The lowest BCUT2D eigenvalue weighted by Crippen LogP contribution is -2.24. The van der Waals surface area contributed by atoms with Gasteiger partial charge in [0.05, 0.1) is 0 Å². The number of hydrogen-bond acceptors (Lipinski definition) is 4. The standard InChI is InChI=1S/C23H28N2O3/c24-23(26)27-20-9-11-22-19(13-20)8-7-18-12-17(6-10-21(18)28-22)15-25-14-16-4-2-1-3-5-16/h6,9-13,16,25H,1-5,7-8,14-15H2,(H2,24,26). The van der Waals surface area contributed by atoms with Crippen LogP contribution in [0.2, 0.25) is 0 Å². The van der Waals surface area contributed by atoms with Gasteiger partial charge in [-0.1, -0.05) is 31.4 Å². The number of ether oxygens (including phenoxy) is 2. The van der Waals surface area contributed by atoms with Gasteiger partial charge in [0, 0.05) is 6.54 Å². The molecule has 0 aromatic heterocycles. The van der Waals surface area contributed by atoms with E-state index in [1.165, 1.54) is 43.2 Å². The molecular weight excluding hydrogens is 352 g/mol. The topological polar surface area (TPSA) is 73.6 Å². The average molecular weight is 380 g/mol. The monoisotopic (exact) mass is 380 g/mol. The Morgan fingerprint density at radius 3 is 2.50 bits per heavy atom. The molecule has 5 heteroatoms. The summed E-state index contributed by atoms with van der Waals surface area (Å²) in [5.74, 6) is 3.00. The van der Waals surface area contributed by atoms with Gasteiger partial charge in [0.25, 0.3) is 0 Å². The zero-order valence-electron chi connectivity index (χ0n) is 16.2. The number of benzene rings is 2. The first kappa shape index (κ1) is 18.8. The summed E-state index contributed by atoms with van der Waals surface area (Å²) >= 11 is 0. The highest BCUT2D eigenvalue weighted by Gasteiger charge is 2.17.